The predicted octanol–water partition coefficient (Wildman–Crippen LogP) is 2.41. The summed E-state index contributed by atoms with van der Waals surface area (Å²) >= 11 is 1.29. The Balaban J connectivity index is 1.98. The van der Waals surface area contributed by atoms with Crippen molar-refractivity contribution >= 4 is 17.5 Å². The zero-order valence-electron chi connectivity index (χ0n) is 8.32. The molecule has 1 aliphatic carbocycles. The fourth-order valence-corrected chi connectivity index (χ4v) is 2.06. The Bertz CT molecular complexity index is 344. The van der Waals surface area contributed by atoms with Gasteiger partial charge in [-0.05, 0) is 44.1 Å². The van der Waals surface area contributed by atoms with Gasteiger partial charge in [-0.3, -0.25) is 0 Å². The minimum absolute atomic E-state index is 0.0572. The summed E-state index contributed by atoms with van der Waals surface area (Å²) in [5.41, 5.74) is 1.38. The highest BCUT2D eigenvalue weighted by atomic mass is 32.1. The molecule has 1 aromatic rings. The average Bonchev–Trinajstić information content (AvgIpc) is 2.89. The molecule has 0 bridgehead atoms. The van der Waals surface area contributed by atoms with Gasteiger partial charge >= 0.3 is 5.97 Å². The van der Waals surface area contributed by atoms with Crippen molar-refractivity contribution in [3.05, 3.63) is 16.6 Å². The first-order valence-electron chi connectivity index (χ1n) is 4.80. The summed E-state index contributed by atoms with van der Waals surface area (Å²) in [6, 6.07) is 0. The average molecular weight is 211 g/mol. The summed E-state index contributed by atoms with van der Waals surface area (Å²) < 4.78 is 9.37. The van der Waals surface area contributed by atoms with E-state index >= 15 is 0 Å². The van der Waals surface area contributed by atoms with Crippen molar-refractivity contribution in [2.75, 3.05) is 0 Å². The Hall–Kier alpha value is -0.900. The van der Waals surface area contributed by atoms with Crippen LogP contribution in [0.15, 0.2) is 5.38 Å². The number of aromatic nitrogens is 1. The Labute approximate surface area is 87.3 Å². The maximum absolute atomic E-state index is 11.6. The van der Waals surface area contributed by atoms with Crippen LogP contribution < -0.4 is 0 Å². The third-order valence-corrected chi connectivity index (χ3v) is 3.27. The van der Waals surface area contributed by atoms with Crippen LogP contribution >= 0.6 is 11.5 Å². The van der Waals surface area contributed by atoms with Gasteiger partial charge in [0.25, 0.3) is 0 Å². The Morgan fingerprint density at radius 1 is 1.71 bits per heavy atom. The molecule has 0 radical (unpaired) electrons. The number of carbonyl (C=O) groups is 1. The van der Waals surface area contributed by atoms with Gasteiger partial charge in [0.15, 0.2) is 0 Å². The van der Waals surface area contributed by atoms with E-state index in [4.69, 9.17) is 4.74 Å². The van der Waals surface area contributed by atoms with Gasteiger partial charge in [0.2, 0.25) is 0 Å². The molecule has 1 heterocycles. The number of nitrogens with zero attached hydrogens (tertiary/aromatic N) is 1. The van der Waals surface area contributed by atoms with Crippen molar-refractivity contribution in [1.82, 2.24) is 4.37 Å². The highest BCUT2D eigenvalue weighted by Crippen LogP contribution is 2.34. The first-order valence-corrected chi connectivity index (χ1v) is 5.64. The van der Waals surface area contributed by atoms with Crippen molar-refractivity contribution in [2.24, 2.45) is 5.92 Å². The molecule has 4 heteroatoms. The van der Waals surface area contributed by atoms with Crippen LogP contribution in [0.2, 0.25) is 0 Å². The van der Waals surface area contributed by atoms with Crippen molar-refractivity contribution in [1.29, 1.82) is 0 Å². The fourth-order valence-electron chi connectivity index (χ4n) is 1.38. The number of aryl methyl sites for hydroxylation is 1. The molecule has 1 aliphatic rings. The van der Waals surface area contributed by atoms with Gasteiger partial charge < -0.3 is 4.74 Å². The second kappa shape index (κ2) is 3.69. The van der Waals surface area contributed by atoms with E-state index in [1.165, 1.54) is 24.4 Å². The molecule has 1 unspecified atom stereocenters. The lowest BCUT2D eigenvalue weighted by molar-refractivity contribution is 0.0294. The third-order valence-electron chi connectivity index (χ3n) is 2.55. The Morgan fingerprint density at radius 2 is 2.43 bits per heavy atom. The van der Waals surface area contributed by atoms with Crippen molar-refractivity contribution in [3.63, 3.8) is 0 Å². The minimum Gasteiger partial charge on any atom is -0.459 e. The first-order chi connectivity index (χ1) is 6.68. The van der Waals surface area contributed by atoms with E-state index in [9.17, 15) is 4.79 Å². The third kappa shape index (κ3) is 1.95. The number of rotatable bonds is 3. The summed E-state index contributed by atoms with van der Waals surface area (Å²) in [7, 11) is 0. The lowest BCUT2D eigenvalue weighted by Gasteiger charge is -2.11. The van der Waals surface area contributed by atoms with E-state index < -0.39 is 0 Å². The molecule has 0 spiro atoms. The van der Waals surface area contributed by atoms with Crippen LogP contribution in [0.5, 0.6) is 0 Å². The van der Waals surface area contributed by atoms with E-state index in [-0.39, 0.29) is 12.1 Å². The van der Waals surface area contributed by atoms with Crippen LogP contribution in [0, 0.1) is 12.8 Å². The second-order valence-corrected chi connectivity index (χ2v) is 4.39. The highest BCUT2D eigenvalue weighted by molar-refractivity contribution is 7.03. The Morgan fingerprint density at radius 3 is 2.93 bits per heavy atom. The van der Waals surface area contributed by atoms with Gasteiger partial charge in [0.1, 0.15) is 6.10 Å². The van der Waals surface area contributed by atoms with Gasteiger partial charge in [-0.15, -0.1) is 0 Å². The van der Waals surface area contributed by atoms with Gasteiger partial charge in [-0.2, -0.15) is 4.37 Å². The monoisotopic (exact) mass is 211 g/mol. The lowest BCUT2D eigenvalue weighted by Crippen LogP contribution is -2.16. The maximum atomic E-state index is 11.6. The predicted molar refractivity (Wildman–Crippen MR) is 54.5 cm³/mol. The van der Waals surface area contributed by atoms with E-state index in [1.54, 1.807) is 5.38 Å². The lowest BCUT2D eigenvalue weighted by atomic mass is 10.2. The number of esters is 1. The summed E-state index contributed by atoms with van der Waals surface area (Å²) in [5, 5.41) is 1.75. The van der Waals surface area contributed by atoms with Crippen LogP contribution in [0.4, 0.5) is 0 Å². The standard InChI is InChI=1S/C10H13NO2S/c1-6-9(5-14-11-6)10(12)13-7(2)8-3-4-8/h5,7-8H,3-4H2,1-2H3. The molecule has 0 aliphatic heterocycles. The highest BCUT2D eigenvalue weighted by Gasteiger charge is 2.31. The van der Waals surface area contributed by atoms with Crippen LogP contribution in [-0.2, 0) is 4.74 Å². The molecule has 0 saturated heterocycles. The zero-order valence-corrected chi connectivity index (χ0v) is 9.13. The quantitative estimate of drug-likeness (QED) is 0.721. The van der Waals surface area contributed by atoms with Crippen LogP contribution in [0.25, 0.3) is 0 Å². The molecule has 0 aromatic carbocycles. The van der Waals surface area contributed by atoms with Crippen molar-refractivity contribution in [3.8, 4) is 0 Å². The second-order valence-electron chi connectivity index (χ2n) is 3.76. The molecule has 2 rings (SSSR count). The first kappa shape index (κ1) is 9.65. The molecule has 14 heavy (non-hydrogen) atoms. The van der Waals surface area contributed by atoms with Gasteiger partial charge in [0.05, 0.1) is 11.3 Å². The Kier molecular flexibility index (Phi) is 2.54. The van der Waals surface area contributed by atoms with Crippen LogP contribution in [-0.4, -0.2) is 16.4 Å². The largest absolute Gasteiger partial charge is 0.459 e. The zero-order chi connectivity index (χ0) is 10.1. The van der Waals surface area contributed by atoms with E-state index in [2.05, 4.69) is 4.37 Å². The van der Waals surface area contributed by atoms with Crippen LogP contribution in [0.3, 0.4) is 0 Å². The van der Waals surface area contributed by atoms with E-state index in [0.717, 1.165) is 5.69 Å². The van der Waals surface area contributed by atoms with Gasteiger partial charge in [-0.1, -0.05) is 0 Å². The molecular formula is C10H13NO2S. The number of hydrogen-bond donors (Lipinski definition) is 0. The fraction of sp³-hybridized carbons (Fsp3) is 0.600. The smallest absolute Gasteiger partial charge is 0.341 e. The molecule has 1 saturated carbocycles. The normalized spacial score (nSPS) is 17.9. The molecule has 1 fully saturated rings. The van der Waals surface area contributed by atoms with Crippen molar-refractivity contribution in [2.45, 2.75) is 32.8 Å². The van der Waals surface area contributed by atoms with Gasteiger partial charge in [0, 0.05) is 5.38 Å². The molecule has 0 N–H and O–H groups in total. The van der Waals surface area contributed by atoms with Gasteiger partial charge in [-0.25, -0.2) is 4.79 Å². The van der Waals surface area contributed by atoms with E-state index in [0.29, 0.717) is 11.5 Å². The minimum atomic E-state index is -0.226. The number of carbonyl (C=O) groups excluding carboxylic acids is 1. The summed E-state index contributed by atoms with van der Waals surface area (Å²) in [5.74, 6) is 0.363. The number of ether oxygens (including phenoxy) is 1. The summed E-state index contributed by atoms with van der Waals surface area (Å²) in [6.45, 7) is 3.79. The molecule has 76 valence electrons. The maximum Gasteiger partial charge on any atom is 0.341 e. The molecular weight excluding hydrogens is 198 g/mol. The molecule has 1 atom stereocenters. The topological polar surface area (TPSA) is 39.2 Å². The molecule has 1 aromatic heterocycles. The summed E-state index contributed by atoms with van der Waals surface area (Å²) in [4.78, 5) is 11.6. The SMILES string of the molecule is Cc1nscc1C(=O)OC(C)C1CC1. The van der Waals surface area contributed by atoms with E-state index in [1.807, 2.05) is 13.8 Å². The summed E-state index contributed by atoms with van der Waals surface area (Å²) in [6.07, 6.45) is 2.44. The van der Waals surface area contributed by atoms with Crippen molar-refractivity contribution < 1.29 is 9.53 Å². The van der Waals surface area contributed by atoms with Crippen LogP contribution in [0.1, 0.15) is 35.8 Å². The molecule has 0 amide bonds. The number of hydrogen-bond acceptors (Lipinski definition) is 4. The molecule has 3 nitrogen and oxygen atoms in total.